The first-order valence-corrected chi connectivity index (χ1v) is 14.3. The Morgan fingerprint density at radius 2 is 1.00 bits per heavy atom. The van der Waals surface area contributed by atoms with Crippen LogP contribution in [0.5, 0.6) is 0 Å². The van der Waals surface area contributed by atoms with Crippen molar-refractivity contribution in [1.29, 1.82) is 0 Å². The van der Waals surface area contributed by atoms with Gasteiger partial charge >= 0.3 is 0 Å². The number of rotatable bonds is 10. The zero-order valence-electron chi connectivity index (χ0n) is 17.4. The van der Waals surface area contributed by atoms with E-state index in [1.165, 1.54) is 51.4 Å². The molecule has 2 fully saturated rings. The number of hydrogen-bond acceptors (Lipinski definition) is 0. The lowest BCUT2D eigenvalue weighted by atomic mass is 9.93. The highest BCUT2D eigenvalue weighted by atomic mass is 31.2. The molecule has 2 aliphatic rings. The Bertz CT molecular complexity index is 319. The molecular formula is C22H44P2. The fraction of sp³-hybridized carbons (Fsp3) is 1.00. The standard InChI is InChI=1S/C22H44P2/c1-6-12-21(13-7-2)16-10-18-23(21)20(5)24-19-11-17-22(24,14-8-3)15-9-4/h20H,6-19H2,1-5H3. The summed E-state index contributed by atoms with van der Waals surface area (Å²) < 4.78 is 0. The van der Waals surface area contributed by atoms with Crippen LogP contribution in [0.25, 0.3) is 0 Å². The van der Waals surface area contributed by atoms with Gasteiger partial charge in [0.1, 0.15) is 0 Å². The van der Waals surface area contributed by atoms with Crippen molar-refractivity contribution in [2.75, 3.05) is 12.3 Å². The lowest BCUT2D eigenvalue weighted by molar-refractivity contribution is 0.461. The lowest BCUT2D eigenvalue weighted by Crippen LogP contribution is -2.30. The molecule has 0 radical (unpaired) electrons. The van der Waals surface area contributed by atoms with E-state index in [1.807, 2.05) is 0 Å². The van der Waals surface area contributed by atoms with Gasteiger partial charge in [-0.3, -0.25) is 0 Å². The zero-order valence-corrected chi connectivity index (χ0v) is 19.2. The van der Waals surface area contributed by atoms with Gasteiger partial charge in [0.05, 0.1) is 0 Å². The molecule has 2 atom stereocenters. The summed E-state index contributed by atoms with van der Waals surface area (Å²) in [5, 5.41) is 2.66. The molecule has 2 heteroatoms. The molecule has 0 spiro atoms. The predicted molar refractivity (Wildman–Crippen MR) is 117 cm³/mol. The van der Waals surface area contributed by atoms with Crippen LogP contribution in [-0.4, -0.2) is 28.0 Å². The molecule has 0 aromatic heterocycles. The Labute approximate surface area is 155 Å². The zero-order chi connectivity index (χ0) is 17.6. The maximum absolute atomic E-state index is 2.74. The van der Waals surface area contributed by atoms with E-state index >= 15 is 0 Å². The van der Waals surface area contributed by atoms with Crippen molar-refractivity contribution < 1.29 is 0 Å². The average molecular weight is 371 g/mol. The first-order chi connectivity index (χ1) is 11.6. The van der Waals surface area contributed by atoms with Gasteiger partial charge in [0, 0.05) is 0 Å². The summed E-state index contributed by atoms with van der Waals surface area (Å²) in [5.74, 6) is 0. The van der Waals surface area contributed by atoms with Crippen molar-refractivity contribution in [2.24, 2.45) is 0 Å². The molecule has 2 aliphatic heterocycles. The molecule has 0 aliphatic carbocycles. The lowest BCUT2D eigenvalue weighted by Gasteiger charge is -2.47. The average Bonchev–Trinajstić information content (AvgIpc) is 3.13. The summed E-state index contributed by atoms with van der Waals surface area (Å²) >= 11 is 0. The van der Waals surface area contributed by atoms with Gasteiger partial charge in [-0.05, 0) is 79.4 Å². The fourth-order valence-electron chi connectivity index (χ4n) is 6.44. The van der Waals surface area contributed by atoms with E-state index in [0.29, 0.717) is 0 Å². The van der Waals surface area contributed by atoms with Gasteiger partial charge in [-0.2, -0.15) is 0 Å². The summed E-state index contributed by atoms with van der Waals surface area (Å²) in [4.78, 5) is 0. The predicted octanol–water partition coefficient (Wildman–Crippen LogP) is 8.56. The van der Waals surface area contributed by atoms with Crippen LogP contribution in [0.3, 0.4) is 0 Å². The van der Waals surface area contributed by atoms with Gasteiger partial charge in [-0.1, -0.05) is 76.1 Å². The fourth-order valence-corrected chi connectivity index (χ4v) is 17.2. The third kappa shape index (κ3) is 4.22. The molecule has 0 amide bonds. The van der Waals surface area contributed by atoms with E-state index in [-0.39, 0.29) is 15.8 Å². The molecule has 142 valence electrons. The first-order valence-electron chi connectivity index (χ1n) is 11.1. The van der Waals surface area contributed by atoms with Crippen molar-refractivity contribution in [3.8, 4) is 0 Å². The van der Waals surface area contributed by atoms with Gasteiger partial charge < -0.3 is 0 Å². The normalized spacial score (nSPS) is 29.9. The van der Waals surface area contributed by atoms with E-state index in [2.05, 4.69) is 34.6 Å². The molecule has 0 bridgehead atoms. The molecule has 0 nitrogen and oxygen atoms in total. The molecule has 2 unspecified atom stereocenters. The monoisotopic (exact) mass is 370 g/mol. The minimum atomic E-state index is 0.272. The Hall–Kier alpha value is 0.860. The second-order valence-electron chi connectivity index (χ2n) is 8.67. The van der Waals surface area contributed by atoms with Crippen molar-refractivity contribution in [3.63, 3.8) is 0 Å². The maximum Gasteiger partial charge on any atom is -0.00242 e. The summed E-state index contributed by atoms with van der Waals surface area (Å²) in [7, 11) is 0.544. The molecule has 2 saturated heterocycles. The summed E-state index contributed by atoms with van der Waals surface area (Å²) in [6.07, 6.45) is 21.3. The second kappa shape index (κ2) is 9.70. The van der Waals surface area contributed by atoms with E-state index in [9.17, 15) is 0 Å². The van der Waals surface area contributed by atoms with Crippen molar-refractivity contribution in [2.45, 2.75) is 127 Å². The molecule has 2 heterocycles. The van der Waals surface area contributed by atoms with E-state index < -0.39 is 0 Å². The molecular weight excluding hydrogens is 326 g/mol. The third-order valence-corrected chi connectivity index (χ3v) is 15.9. The Morgan fingerprint density at radius 3 is 1.29 bits per heavy atom. The SMILES string of the molecule is CCCC1(CCC)CCCP1C(C)P1CCCC1(CCC)CCC. The highest BCUT2D eigenvalue weighted by molar-refractivity contribution is 7.77. The molecule has 0 saturated carbocycles. The highest BCUT2D eigenvalue weighted by Gasteiger charge is 2.50. The largest absolute Gasteiger partial charge is 0.0930 e. The number of hydrogen-bond donors (Lipinski definition) is 0. The van der Waals surface area contributed by atoms with Crippen LogP contribution in [-0.2, 0) is 0 Å². The quantitative estimate of drug-likeness (QED) is 0.338. The molecule has 2 rings (SSSR count). The van der Waals surface area contributed by atoms with Crippen LogP contribution in [0, 0.1) is 0 Å². The Morgan fingerprint density at radius 1 is 0.667 bits per heavy atom. The summed E-state index contributed by atoms with van der Waals surface area (Å²) in [6.45, 7) is 12.5. The molecule has 24 heavy (non-hydrogen) atoms. The van der Waals surface area contributed by atoms with Crippen LogP contribution in [0.1, 0.15) is 112 Å². The van der Waals surface area contributed by atoms with Crippen molar-refractivity contribution >= 4 is 15.8 Å². The summed E-state index contributed by atoms with van der Waals surface area (Å²) in [6, 6.07) is 0. The Kier molecular flexibility index (Phi) is 8.55. The van der Waals surface area contributed by atoms with Crippen LogP contribution in [0.4, 0.5) is 0 Å². The van der Waals surface area contributed by atoms with Crippen LogP contribution in [0.15, 0.2) is 0 Å². The molecule has 0 aromatic rings. The molecule has 0 N–H and O–H groups in total. The van der Waals surface area contributed by atoms with Crippen LogP contribution in [0.2, 0.25) is 0 Å². The highest BCUT2D eigenvalue weighted by Crippen LogP contribution is 2.77. The third-order valence-electron chi connectivity index (χ3n) is 7.06. The van der Waals surface area contributed by atoms with Crippen molar-refractivity contribution in [3.05, 3.63) is 0 Å². The molecule has 0 aromatic carbocycles. The minimum Gasteiger partial charge on any atom is -0.0930 e. The Balaban J connectivity index is 2.22. The van der Waals surface area contributed by atoms with Gasteiger partial charge in [0.2, 0.25) is 0 Å². The van der Waals surface area contributed by atoms with Crippen molar-refractivity contribution in [1.82, 2.24) is 0 Å². The summed E-state index contributed by atoms with van der Waals surface area (Å²) in [5.41, 5.74) is 0. The topological polar surface area (TPSA) is 0 Å². The first kappa shape index (κ1) is 21.2. The van der Waals surface area contributed by atoms with Gasteiger partial charge in [0.15, 0.2) is 0 Å². The van der Waals surface area contributed by atoms with Crippen LogP contribution < -0.4 is 0 Å². The van der Waals surface area contributed by atoms with Crippen LogP contribution >= 0.6 is 15.8 Å². The smallest absolute Gasteiger partial charge is 0.00242 e. The second-order valence-corrected chi connectivity index (χ2v) is 15.3. The van der Waals surface area contributed by atoms with Gasteiger partial charge in [-0.25, -0.2) is 0 Å². The van der Waals surface area contributed by atoms with E-state index in [4.69, 9.17) is 0 Å². The maximum atomic E-state index is 2.74. The van der Waals surface area contributed by atoms with Gasteiger partial charge in [-0.15, -0.1) is 0 Å². The van der Waals surface area contributed by atoms with Gasteiger partial charge in [0.25, 0.3) is 0 Å². The minimum absolute atomic E-state index is 0.272. The van der Waals surface area contributed by atoms with E-state index in [1.54, 1.807) is 38.0 Å². The van der Waals surface area contributed by atoms with E-state index in [0.717, 1.165) is 15.7 Å².